The highest BCUT2D eigenvalue weighted by Crippen LogP contribution is 2.18. The zero-order chi connectivity index (χ0) is 57.1. The lowest BCUT2D eigenvalue weighted by atomic mass is 10.0. The van der Waals surface area contributed by atoms with E-state index in [9.17, 15) is 14.4 Å². The van der Waals surface area contributed by atoms with Crippen molar-refractivity contribution in [2.45, 2.75) is 386 Å². The first kappa shape index (κ1) is 76.4. The summed E-state index contributed by atoms with van der Waals surface area (Å²) in [7, 11) is 0. The normalized spacial score (nSPS) is 12.3. The molecule has 0 bridgehead atoms. The molecule has 0 saturated carbocycles. The van der Waals surface area contributed by atoms with E-state index in [0.717, 1.165) is 70.6 Å². The van der Waals surface area contributed by atoms with Crippen LogP contribution in [0.15, 0.2) is 48.6 Å². The van der Waals surface area contributed by atoms with Gasteiger partial charge in [0.25, 0.3) is 0 Å². The first-order valence-corrected chi connectivity index (χ1v) is 35.1. The van der Waals surface area contributed by atoms with Crippen LogP contribution in [0.4, 0.5) is 0 Å². The van der Waals surface area contributed by atoms with Crippen molar-refractivity contribution in [2.24, 2.45) is 0 Å². The molecule has 6 nitrogen and oxygen atoms in total. The standard InChI is InChI=1S/C73H134O6/c1-4-7-10-13-16-19-22-24-26-28-30-32-33-34-35-36-37-38-39-41-42-44-46-48-51-54-57-60-63-66-72(75)78-69-70(68-77-71(74)65-62-59-56-53-50-21-18-15-12-9-6-3)79-73(76)67-64-61-58-55-52-49-47-45-43-40-31-29-27-25-23-20-17-14-11-8-5-2/h15,18,23,25,28-31,70H,4-14,16-17,19-22,24,26-27,32-69H2,1-3H3/b18-15-,25-23-,30-28-,31-29-. The van der Waals surface area contributed by atoms with E-state index in [2.05, 4.69) is 69.4 Å². The van der Waals surface area contributed by atoms with E-state index < -0.39 is 6.10 Å². The van der Waals surface area contributed by atoms with Crippen LogP contribution in [-0.4, -0.2) is 37.2 Å². The van der Waals surface area contributed by atoms with E-state index in [1.54, 1.807) is 0 Å². The van der Waals surface area contributed by atoms with Crippen molar-refractivity contribution in [3.63, 3.8) is 0 Å². The van der Waals surface area contributed by atoms with Crippen LogP contribution in [0.25, 0.3) is 0 Å². The summed E-state index contributed by atoms with van der Waals surface area (Å²) in [6, 6.07) is 0. The molecule has 0 aliphatic heterocycles. The van der Waals surface area contributed by atoms with Gasteiger partial charge in [0.1, 0.15) is 13.2 Å². The summed E-state index contributed by atoms with van der Waals surface area (Å²) in [6.07, 6.45) is 85.8. The van der Waals surface area contributed by atoms with Gasteiger partial charge in [0.05, 0.1) is 0 Å². The third-order valence-electron chi connectivity index (χ3n) is 15.8. The maximum absolute atomic E-state index is 12.9. The summed E-state index contributed by atoms with van der Waals surface area (Å²) in [4.78, 5) is 38.3. The summed E-state index contributed by atoms with van der Waals surface area (Å²) < 4.78 is 16.9. The van der Waals surface area contributed by atoms with E-state index in [1.807, 2.05) is 0 Å². The van der Waals surface area contributed by atoms with E-state index in [-0.39, 0.29) is 31.1 Å². The van der Waals surface area contributed by atoms with Crippen molar-refractivity contribution in [1.29, 1.82) is 0 Å². The Balaban J connectivity index is 4.16. The summed E-state index contributed by atoms with van der Waals surface area (Å²) in [6.45, 7) is 6.64. The molecule has 0 aromatic rings. The predicted octanol–water partition coefficient (Wildman–Crippen LogP) is 24.1. The Morgan fingerprint density at radius 3 is 0.747 bits per heavy atom. The van der Waals surface area contributed by atoms with Crippen LogP contribution in [0.3, 0.4) is 0 Å². The van der Waals surface area contributed by atoms with Crippen LogP contribution >= 0.6 is 0 Å². The van der Waals surface area contributed by atoms with Crippen molar-refractivity contribution in [3.8, 4) is 0 Å². The second-order valence-electron chi connectivity index (χ2n) is 23.8. The molecule has 0 aliphatic rings. The van der Waals surface area contributed by atoms with Crippen LogP contribution in [0.1, 0.15) is 380 Å². The van der Waals surface area contributed by atoms with Crippen LogP contribution < -0.4 is 0 Å². The Morgan fingerprint density at radius 2 is 0.468 bits per heavy atom. The van der Waals surface area contributed by atoms with Gasteiger partial charge in [-0.05, 0) is 96.3 Å². The van der Waals surface area contributed by atoms with Gasteiger partial charge in [-0.1, -0.05) is 313 Å². The highest BCUT2D eigenvalue weighted by Gasteiger charge is 2.19. The smallest absolute Gasteiger partial charge is 0.306 e. The predicted molar refractivity (Wildman–Crippen MR) is 344 cm³/mol. The summed E-state index contributed by atoms with van der Waals surface area (Å²) in [5.74, 6) is -0.866. The van der Waals surface area contributed by atoms with E-state index >= 15 is 0 Å². The number of allylic oxidation sites excluding steroid dienone is 8. The zero-order valence-electron chi connectivity index (χ0n) is 53.2. The molecule has 1 unspecified atom stereocenters. The highest BCUT2D eigenvalue weighted by molar-refractivity contribution is 5.71. The van der Waals surface area contributed by atoms with Gasteiger partial charge in [-0.3, -0.25) is 14.4 Å². The third kappa shape index (κ3) is 66.1. The second-order valence-corrected chi connectivity index (χ2v) is 23.8. The van der Waals surface area contributed by atoms with Gasteiger partial charge in [-0.15, -0.1) is 0 Å². The van der Waals surface area contributed by atoms with Gasteiger partial charge < -0.3 is 14.2 Å². The Hall–Kier alpha value is -2.63. The van der Waals surface area contributed by atoms with Crippen molar-refractivity contribution in [3.05, 3.63) is 48.6 Å². The number of ether oxygens (including phenoxy) is 3. The van der Waals surface area contributed by atoms with Crippen molar-refractivity contribution in [2.75, 3.05) is 13.2 Å². The Morgan fingerprint density at radius 1 is 0.253 bits per heavy atom. The lowest BCUT2D eigenvalue weighted by Crippen LogP contribution is -2.30. The number of rotatable bonds is 65. The second kappa shape index (κ2) is 67.9. The number of carbonyl (C=O) groups is 3. The van der Waals surface area contributed by atoms with Gasteiger partial charge in [0, 0.05) is 19.3 Å². The number of esters is 3. The average molecular weight is 1110 g/mol. The van der Waals surface area contributed by atoms with Crippen LogP contribution in [0.2, 0.25) is 0 Å². The number of carbonyl (C=O) groups excluding carboxylic acids is 3. The first-order chi connectivity index (χ1) is 39.0. The molecule has 1 atom stereocenters. The number of hydrogen-bond acceptors (Lipinski definition) is 6. The molecule has 79 heavy (non-hydrogen) atoms. The molecule has 0 spiro atoms. The van der Waals surface area contributed by atoms with Crippen molar-refractivity contribution in [1.82, 2.24) is 0 Å². The molecule has 0 radical (unpaired) electrons. The molecule has 0 N–H and O–H groups in total. The SMILES string of the molecule is CCCC/C=C\CCCCCCCC(=O)OCC(COC(=O)CCCCCCCCCCCCCCCCCCC/C=C\CCCCCCCCCC)OC(=O)CCCCCCCCCCC/C=C\C/C=C\CCCCCCC. The first-order valence-electron chi connectivity index (χ1n) is 35.1. The maximum Gasteiger partial charge on any atom is 0.306 e. The van der Waals surface area contributed by atoms with E-state index in [4.69, 9.17) is 14.2 Å². The molecule has 0 fully saturated rings. The molecule has 0 heterocycles. The number of unbranched alkanes of at least 4 members (excludes halogenated alkanes) is 46. The quantitative estimate of drug-likeness (QED) is 0.0261. The lowest BCUT2D eigenvalue weighted by molar-refractivity contribution is -0.167. The van der Waals surface area contributed by atoms with Gasteiger partial charge in [-0.25, -0.2) is 0 Å². The monoisotopic (exact) mass is 1110 g/mol. The maximum atomic E-state index is 12.9. The average Bonchev–Trinajstić information content (AvgIpc) is 3.45. The third-order valence-corrected chi connectivity index (χ3v) is 15.8. The summed E-state index contributed by atoms with van der Waals surface area (Å²) >= 11 is 0. The van der Waals surface area contributed by atoms with E-state index in [0.29, 0.717) is 19.3 Å². The molecule has 0 aromatic heterocycles. The fourth-order valence-electron chi connectivity index (χ4n) is 10.5. The molecular weight excluding hydrogens is 973 g/mol. The van der Waals surface area contributed by atoms with E-state index in [1.165, 1.54) is 270 Å². The highest BCUT2D eigenvalue weighted by atomic mass is 16.6. The molecular formula is C73H134O6. The Labute approximate surface area is 492 Å². The van der Waals surface area contributed by atoms with Crippen molar-refractivity contribution >= 4 is 17.9 Å². The topological polar surface area (TPSA) is 78.9 Å². The molecule has 0 aromatic carbocycles. The van der Waals surface area contributed by atoms with Crippen molar-refractivity contribution < 1.29 is 28.6 Å². The van der Waals surface area contributed by atoms with Gasteiger partial charge in [-0.2, -0.15) is 0 Å². The fourth-order valence-corrected chi connectivity index (χ4v) is 10.5. The molecule has 0 saturated heterocycles. The minimum atomic E-state index is -0.778. The minimum absolute atomic E-state index is 0.0740. The van der Waals surface area contributed by atoms with Crippen LogP contribution in [0.5, 0.6) is 0 Å². The van der Waals surface area contributed by atoms with Crippen LogP contribution in [0, 0.1) is 0 Å². The molecule has 6 heteroatoms. The lowest BCUT2D eigenvalue weighted by Gasteiger charge is -2.18. The summed E-state index contributed by atoms with van der Waals surface area (Å²) in [5.41, 5.74) is 0. The number of hydrogen-bond donors (Lipinski definition) is 0. The molecule has 462 valence electrons. The van der Waals surface area contributed by atoms with Gasteiger partial charge in [0.15, 0.2) is 6.10 Å². The fraction of sp³-hybridized carbons (Fsp3) is 0.849. The molecule has 0 aliphatic carbocycles. The van der Waals surface area contributed by atoms with Crippen LogP contribution in [-0.2, 0) is 28.6 Å². The zero-order valence-corrected chi connectivity index (χ0v) is 53.2. The Bertz CT molecular complexity index is 1360. The molecule has 0 amide bonds. The Kier molecular flexibility index (Phi) is 65.6. The largest absolute Gasteiger partial charge is 0.462 e. The van der Waals surface area contributed by atoms with Gasteiger partial charge in [0.2, 0.25) is 0 Å². The molecule has 0 rings (SSSR count). The summed E-state index contributed by atoms with van der Waals surface area (Å²) in [5, 5.41) is 0. The minimum Gasteiger partial charge on any atom is -0.462 e. The van der Waals surface area contributed by atoms with Gasteiger partial charge >= 0.3 is 17.9 Å².